The van der Waals surface area contributed by atoms with Gasteiger partial charge in [-0.25, -0.2) is 15.0 Å². The van der Waals surface area contributed by atoms with Crippen molar-refractivity contribution in [1.29, 1.82) is 0 Å². The molecular weight excluding hydrogens is 316 g/mol. The van der Waals surface area contributed by atoms with E-state index in [-0.39, 0.29) is 11.8 Å². The van der Waals surface area contributed by atoms with Crippen LogP contribution in [0.4, 0.5) is 17.2 Å². The second-order valence-corrected chi connectivity index (χ2v) is 5.95. The van der Waals surface area contributed by atoms with Gasteiger partial charge in [-0.15, -0.1) is 0 Å². The van der Waals surface area contributed by atoms with Crippen LogP contribution in [0.25, 0.3) is 5.82 Å². The Morgan fingerprint density at radius 2 is 1.80 bits per heavy atom. The van der Waals surface area contributed by atoms with Crippen LogP contribution in [-0.4, -0.2) is 25.4 Å². The van der Waals surface area contributed by atoms with Gasteiger partial charge in [0.15, 0.2) is 0 Å². The van der Waals surface area contributed by atoms with E-state index >= 15 is 0 Å². The van der Waals surface area contributed by atoms with Gasteiger partial charge in [0.25, 0.3) is 0 Å². The Hall–Kier alpha value is -3.22. The summed E-state index contributed by atoms with van der Waals surface area (Å²) in [5, 5.41) is 6.10. The topological polar surface area (TPSA) is 84.7 Å². The number of anilines is 3. The van der Waals surface area contributed by atoms with E-state index in [2.05, 4.69) is 25.6 Å². The summed E-state index contributed by atoms with van der Waals surface area (Å²) in [4.78, 5) is 24.4. The van der Waals surface area contributed by atoms with Crippen molar-refractivity contribution in [2.24, 2.45) is 5.92 Å². The van der Waals surface area contributed by atoms with E-state index in [4.69, 9.17) is 0 Å². The molecule has 2 aromatic heterocycles. The Balaban J connectivity index is 1.72. The number of benzene rings is 1. The lowest BCUT2D eigenvalue weighted by molar-refractivity contribution is -0.118. The van der Waals surface area contributed by atoms with Crippen molar-refractivity contribution >= 4 is 23.1 Å². The summed E-state index contributed by atoms with van der Waals surface area (Å²) in [5.41, 5.74) is 1.64. The SMILES string of the molecule is Cc1nccn1-c1cc(Nc2ccc(NC(=O)C(C)C)cc2)ncn1. The summed E-state index contributed by atoms with van der Waals surface area (Å²) in [6, 6.07) is 9.33. The van der Waals surface area contributed by atoms with Crippen LogP contribution in [0, 0.1) is 12.8 Å². The number of carbonyl (C=O) groups is 1. The van der Waals surface area contributed by atoms with Crippen molar-refractivity contribution in [1.82, 2.24) is 19.5 Å². The van der Waals surface area contributed by atoms with Crippen molar-refractivity contribution in [3.05, 3.63) is 54.9 Å². The summed E-state index contributed by atoms with van der Waals surface area (Å²) in [5.74, 6) is 2.22. The minimum absolute atomic E-state index is 0.00291. The zero-order valence-corrected chi connectivity index (χ0v) is 14.4. The largest absolute Gasteiger partial charge is 0.340 e. The van der Waals surface area contributed by atoms with Crippen molar-refractivity contribution < 1.29 is 4.79 Å². The normalized spacial score (nSPS) is 10.7. The number of nitrogens with zero attached hydrogens (tertiary/aromatic N) is 4. The van der Waals surface area contributed by atoms with E-state index in [9.17, 15) is 4.79 Å². The summed E-state index contributed by atoms with van der Waals surface area (Å²) in [6.07, 6.45) is 5.09. The first-order chi connectivity index (χ1) is 12.0. The minimum Gasteiger partial charge on any atom is -0.340 e. The van der Waals surface area contributed by atoms with Crippen molar-refractivity contribution in [3.8, 4) is 5.82 Å². The van der Waals surface area contributed by atoms with Gasteiger partial charge in [-0.1, -0.05) is 13.8 Å². The number of aromatic nitrogens is 4. The average Bonchev–Trinajstić information content (AvgIpc) is 3.03. The smallest absolute Gasteiger partial charge is 0.226 e. The minimum atomic E-state index is -0.0520. The first-order valence-electron chi connectivity index (χ1n) is 8.03. The summed E-state index contributed by atoms with van der Waals surface area (Å²) < 4.78 is 1.89. The molecule has 0 fully saturated rings. The van der Waals surface area contributed by atoms with Crippen LogP contribution in [0.5, 0.6) is 0 Å². The molecule has 0 aliphatic carbocycles. The Labute approximate surface area is 146 Å². The number of hydrogen-bond acceptors (Lipinski definition) is 5. The van der Waals surface area contributed by atoms with Crippen LogP contribution in [0.3, 0.4) is 0 Å². The lowest BCUT2D eigenvalue weighted by atomic mass is 10.2. The van der Waals surface area contributed by atoms with Crippen LogP contribution in [-0.2, 0) is 4.79 Å². The second-order valence-electron chi connectivity index (χ2n) is 5.95. The molecule has 0 saturated heterocycles. The molecule has 2 N–H and O–H groups in total. The quantitative estimate of drug-likeness (QED) is 0.747. The standard InChI is InChI=1S/C18H20N6O/c1-12(2)18(25)23-15-6-4-14(5-7-15)22-16-10-17(21-11-20-16)24-9-8-19-13(24)3/h4-12H,1-3H3,(H,23,25)(H,20,21,22). The first-order valence-corrected chi connectivity index (χ1v) is 8.03. The lowest BCUT2D eigenvalue weighted by Crippen LogP contribution is -2.17. The van der Waals surface area contributed by atoms with Gasteiger partial charge in [-0.3, -0.25) is 9.36 Å². The van der Waals surface area contributed by atoms with Crippen LogP contribution < -0.4 is 10.6 Å². The van der Waals surface area contributed by atoms with E-state index in [0.717, 1.165) is 23.0 Å². The molecule has 3 rings (SSSR count). The number of aryl methyl sites for hydroxylation is 1. The highest BCUT2D eigenvalue weighted by Gasteiger charge is 2.07. The molecule has 7 nitrogen and oxygen atoms in total. The maximum Gasteiger partial charge on any atom is 0.226 e. The zero-order valence-electron chi connectivity index (χ0n) is 14.4. The molecule has 128 valence electrons. The maximum absolute atomic E-state index is 11.7. The van der Waals surface area contributed by atoms with E-state index < -0.39 is 0 Å². The fourth-order valence-corrected chi connectivity index (χ4v) is 2.24. The third kappa shape index (κ3) is 4.00. The Morgan fingerprint density at radius 3 is 2.44 bits per heavy atom. The second kappa shape index (κ2) is 7.12. The molecular formula is C18H20N6O. The number of rotatable bonds is 5. The van der Waals surface area contributed by atoms with Crippen molar-refractivity contribution in [3.63, 3.8) is 0 Å². The van der Waals surface area contributed by atoms with Gasteiger partial charge in [0, 0.05) is 35.8 Å². The third-order valence-corrected chi connectivity index (χ3v) is 3.67. The monoisotopic (exact) mass is 336 g/mol. The van der Waals surface area contributed by atoms with E-state index in [0.29, 0.717) is 5.82 Å². The number of hydrogen-bond donors (Lipinski definition) is 2. The third-order valence-electron chi connectivity index (χ3n) is 3.67. The highest BCUT2D eigenvalue weighted by Crippen LogP contribution is 2.19. The van der Waals surface area contributed by atoms with E-state index in [1.54, 1.807) is 6.20 Å². The van der Waals surface area contributed by atoms with Crippen LogP contribution in [0.15, 0.2) is 49.1 Å². The maximum atomic E-state index is 11.7. The van der Waals surface area contributed by atoms with Crippen LogP contribution in [0.1, 0.15) is 19.7 Å². The molecule has 0 unspecified atom stereocenters. The summed E-state index contributed by atoms with van der Waals surface area (Å²) in [6.45, 7) is 5.64. The average molecular weight is 336 g/mol. The summed E-state index contributed by atoms with van der Waals surface area (Å²) in [7, 11) is 0. The van der Waals surface area contributed by atoms with Crippen LogP contribution >= 0.6 is 0 Å². The van der Waals surface area contributed by atoms with Crippen LogP contribution in [0.2, 0.25) is 0 Å². The van der Waals surface area contributed by atoms with Gasteiger partial charge >= 0.3 is 0 Å². The molecule has 0 aliphatic heterocycles. The molecule has 0 spiro atoms. The van der Waals surface area contributed by atoms with Crippen molar-refractivity contribution in [2.45, 2.75) is 20.8 Å². The number of nitrogens with one attached hydrogen (secondary N) is 2. The molecule has 2 heterocycles. The Morgan fingerprint density at radius 1 is 1.08 bits per heavy atom. The van der Waals surface area contributed by atoms with Gasteiger partial charge in [0.1, 0.15) is 23.8 Å². The van der Waals surface area contributed by atoms with E-state index in [1.165, 1.54) is 6.33 Å². The molecule has 0 atom stereocenters. The Kier molecular flexibility index (Phi) is 4.74. The molecule has 25 heavy (non-hydrogen) atoms. The molecule has 0 bridgehead atoms. The zero-order chi connectivity index (χ0) is 17.8. The van der Waals surface area contributed by atoms with Gasteiger partial charge in [0.2, 0.25) is 5.91 Å². The van der Waals surface area contributed by atoms with Crippen molar-refractivity contribution in [2.75, 3.05) is 10.6 Å². The number of carbonyl (C=O) groups excluding carboxylic acids is 1. The molecule has 0 aliphatic rings. The molecule has 0 saturated carbocycles. The molecule has 1 amide bonds. The van der Waals surface area contributed by atoms with Gasteiger partial charge < -0.3 is 10.6 Å². The lowest BCUT2D eigenvalue weighted by Gasteiger charge is -2.10. The highest BCUT2D eigenvalue weighted by atomic mass is 16.1. The Bertz CT molecular complexity index is 869. The van der Waals surface area contributed by atoms with Gasteiger partial charge in [0.05, 0.1) is 0 Å². The molecule has 3 aromatic rings. The summed E-state index contributed by atoms with van der Waals surface area (Å²) >= 11 is 0. The van der Waals surface area contributed by atoms with E-state index in [1.807, 2.05) is 61.9 Å². The first kappa shape index (κ1) is 16.6. The van der Waals surface area contributed by atoms with Gasteiger partial charge in [-0.05, 0) is 31.2 Å². The number of imidazole rings is 1. The molecule has 1 aromatic carbocycles. The fourth-order valence-electron chi connectivity index (χ4n) is 2.24. The predicted molar refractivity (Wildman–Crippen MR) is 97.1 cm³/mol. The molecule has 7 heteroatoms. The predicted octanol–water partition coefficient (Wildman–Crippen LogP) is 3.31. The number of amides is 1. The highest BCUT2D eigenvalue weighted by molar-refractivity contribution is 5.92. The van der Waals surface area contributed by atoms with Gasteiger partial charge in [-0.2, -0.15) is 0 Å². The fraction of sp³-hybridized carbons (Fsp3) is 0.222. The molecule has 0 radical (unpaired) electrons.